The Labute approximate surface area is 127 Å². The molecule has 2 N–H and O–H groups in total. The molecule has 0 spiro atoms. The van der Waals surface area contributed by atoms with Crippen LogP contribution in [0.1, 0.15) is 10.4 Å². The van der Waals surface area contributed by atoms with Gasteiger partial charge in [-0.2, -0.15) is 0 Å². The summed E-state index contributed by atoms with van der Waals surface area (Å²) in [5.41, 5.74) is 0.160. The van der Waals surface area contributed by atoms with E-state index >= 15 is 0 Å². The van der Waals surface area contributed by atoms with Crippen LogP contribution in [0.3, 0.4) is 0 Å². The molecule has 0 unspecified atom stereocenters. The quantitative estimate of drug-likeness (QED) is 0.656. The fourth-order valence-corrected chi connectivity index (χ4v) is 1.67. The topological polar surface area (TPSA) is 103 Å². The van der Waals surface area contributed by atoms with Crippen LogP contribution in [0.15, 0.2) is 12.1 Å². The van der Waals surface area contributed by atoms with Gasteiger partial charge < -0.3 is 29.4 Å². The van der Waals surface area contributed by atoms with Gasteiger partial charge in [-0.25, -0.2) is 4.79 Å². The van der Waals surface area contributed by atoms with Crippen molar-refractivity contribution in [3.8, 4) is 11.5 Å². The van der Waals surface area contributed by atoms with Gasteiger partial charge in [0.2, 0.25) is 5.91 Å². The molecule has 1 aromatic carbocycles. The van der Waals surface area contributed by atoms with E-state index < -0.39 is 11.9 Å². The molecule has 0 aliphatic rings. The summed E-state index contributed by atoms with van der Waals surface area (Å²) >= 11 is 0. The second-order valence-corrected chi connectivity index (χ2v) is 4.16. The summed E-state index contributed by atoms with van der Waals surface area (Å²) in [5, 5.41) is 11.6. The van der Waals surface area contributed by atoms with Gasteiger partial charge in [0.25, 0.3) is 0 Å². The molecule has 0 aliphatic carbocycles. The third-order valence-corrected chi connectivity index (χ3v) is 2.66. The summed E-state index contributed by atoms with van der Waals surface area (Å²) in [6, 6.07) is 2.60. The average Bonchev–Trinajstić information content (AvgIpc) is 2.50. The van der Waals surface area contributed by atoms with Crippen molar-refractivity contribution in [1.82, 2.24) is 0 Å². The smallest absolute Gasteiger partial charge is 0.335 e. The highest BCUT2D eigenvalue weighted by atomic mass is 16.5. The number of hydrogen-bond acceptors (Lipinski definition) is 6. The fraction of sp³-hybridized carbons (Fsp3) is 0.429. The summed E-state index contributed by atoms with van der Waals surface area (Å²) in [6.45, 7) is 0.463. The molecule has 0 heterocycles. The maximum absolute atomic E-state index is 11.8. The first-order valence-corrected chi connectivity index (χ1v) is 6.39. The number of carbonyl (C=O) groups is 2. The normalized spacial score (nSPS) is 10.1. The highest BCUT2D eigenvalue weighted by Gasteiger charge is 2.17. The minimum atomic E-state index is -1.15. The van der Waals surface area contributed by atoms with Crippen LogP contribution in [0.25, 0.3) is 0 Å². The van der Waals surface area contributed by atoms with Crippen molar-refractivity contribution in [2.24, 2.45) is 0 Å². The lowest BCUT2D eigenvalue weighted by Crippen LogP contribution is -2.20. The number of carbonyl (C=O) groups excluding carboxylic acids is 1. The number of carboxylic acids is 1. The first-order chi connectivity index (χ1) is 10.5. The van der Waals surface area contributed by atoms with Crippen LogP contribution in [0.2, 0.25) is 0 Å². The molecular formula is C14H19NO7. The van der Waals surface area contributed by atoms with Crippen molar-refractivity contribution >= 4 is 17.6 Å². The predicted molar refractivity (Wildman–Crippen MR) is 77.8 cm³/mol. The highest BCUT2D eigenvalue weighted by molar-refractivity contribution is 5.97. The number of ether oxygens (including phenoxy) is 4. The van der Waals surface area contributed by atoms with Crippen LogP contribution < -0.4 is 14.8 Å². The Kier molecular flexibility index (Phi) is 7.14. The second kappa shape index (κ2) is 8.85. The number of benzene rings is 1. The monoisotopic (exact) mass is 313 g/mol. The van der Waals surface area contributed by atoms with E-state index in [0.717, 1.165) is 0 Å². The Morgan fingerprint density at radius 2 is 1.86 bits per heavy atom. The summed E-state index contributed by atoms with van der Waals surface area (Å²) in [5.74, 6) is -1.15. The van der Waals surface area contributed by atoms with E-state index in [9.17, 15) is 9.59 Å². The van der Waals surface area contributed by atoms with Crippen LogP contribution in [-0.2, 0) is 14.3 Å². The molecule has 0 bridgehead atoms. The van der Waals surface area contributed by atoms with E-state index in [1.165, 1.54) is 33.5 Å². The third kappa shape index (κ3) is 4.90. The van der Waals surface area contributed by atoms with E-state index in [1.54, 1.807) is 0 Å². The average molecular weight is 313 g/mol. The number of rotatable bonds is 9. The zero-order valence-corrected chi connectivity index (χ0v) is 12.7. The minimum Gasteiger partial charge on any atom is -0.493 e. The standard InChI is InChI=1S/C14H19NO7/c1-19-4-5-22-8-12(16)15-10-6-9(14(17)18)7-11(20-2)13(10)21-3/h6-7H,4-5,8H2,1-3H3,(H,15,16)(H,17,18). The molecule has 122 valence electrons. The van der Waals surface area contributed by atoms with E-state index in [4.69, 9.17) is 24.1 Å². The summed E-state index contributed by atoms with van der Waals surface area (Å²) in [6.07, 6.45) is 0. The highest BCUT2D eigenvalue weighted by Crippen LogP contribution is 2.36. The maximum atomic E-state index is 11.8. The number of aromatic carboxylic acids is 1. The third-order valence-electron chi connectivity index (χ3n) is 2.66. The first kappa shape index (κ1) is 17.7. The van der Waals surface area contributed by atoms with Crippen LogP contribution >= 0.6 is 0 Å². The van der Waals surface area contributed by atoms with Gasteiger partial charge in [-0.05, 0) is 12.1 Å². The van der Waals surface area contributed by atoms with Gasteiger partial charge in [0, 0.05) is 7.11 Å². The van der Waals surface area contributed by atoms with E-state index in [-0.39, 0.29) is 36.0 Å². The van der Waals surface area contributed by atoms with Crippen molar-refractivity contribution < 1.29 is 33.6 Å². The molecule has 0 aromatic heterocycles. The second-order valence-electron chi connectivity index (χ2n) is 4.16. The Hall–Kier alpha value is -2.32. The molecule has 1 aromatic rings. The van der Waals surface area contributed by atoms with E-state index in [0.29, 0.717) is 6.61 Å². The number of amides is 1. The van der Waals surface area contributed by atoms with Gasteiger partial charge in [0.1, 0.15) is 6.61 Å². The summed E-state index contributed by atoms with van der Waals surface area (Å²) in [7, 11) is 4.30. The largest absolute Gasteiger partial charge is 0.493 e. The zero-order chi connectivity index (χ0) is 16.5. The molecule has 8 heteroatoms. The molecule has 0 saturated heterocycles. The molecule has 0 radical (unpaired) electrons. The zero-order valence-electron chi connectivity index (χ0n) is 12.7. The maximum Gasteiger partial charge on any atom is 0.335 e. The lowest BCUT2D eigenvalue weighted by molar-refractivity contribution is -0.121. The van der Waals surface area contributed by atoms with Crippen LogP contribution in [0.4, 0.5) is 5.69 Å². The molecule has 0 fully saturated rings. The summed E-state index contributed by atoms with van der Waals surface area (Å²) < 4.78 is 20.1. The number of hydrogen-bond donors (Lipinski definition) is 2. The summed E-state index contributed by atoms with van der Waals surface area (Å²) in [4.78, 5) is 22.9. The van der Waals surface area contributed by atoms with Crippen molar-refractivity contribution in [2.75, 3.05) is 46.5 Å². The Morgan fingerprint density at radius 3 is 2.41 bits per heavy atom. The van der Waals surface area contributed by atoms with Crippen molar-refractivity contribution in [3.05, 3.63) is 17.7 Å². The van der Waals surface area contributed by atoms with Crippen molar-refractivity contribution in [1.29, 1.82) is 0 Å². The lowest BCUT2D eigenvalue weighted by Gasteiger charge is -2.14. The Bertz CT molecular complexity index is 530. The molecule has 0 aliphatic heterocycles. The predicted octanol–water partition coefficient (Wildman–Crippen LogP) is 1.00. The number of anilines is 1. The van der Waals surface area contributed by atoms with Crippen LogP contribution in [-0.4, -0.2) is 58.1 Å². The number of nitrogens with one attached hydrogen (secondary N) is 1. The van der Waals surface area contributed by atoms with Crippen LogP contribution in [0.5, 0.6) is 11.5 Å². The van der Waals surface area contributed by atoms with Gasteiger partial charge in [-0.15, -0.1) is 0 Å². The van der Waals surface area contributed by atoms with Gasteiger partial charge in [-0.1, -0.05) is 0 Å². The van der Waals surface area contributed by atoms with Crippen molar-refractivity contribution in [3.63, 3.8) is 0 Å². The van der Waals surface area contributed by atoms with Crippen molar-refractivity contribution in [2.45, 2.75) is 0 Å². The minimum absolute atomic E-state index is 0.0340. The van der Waals surface area contributed by atoms with Gasteiger partial charge in [0.05, 0.1) is 38.7 Å². The lowest BCUT2D eigenvalue weighted by atomic mass is 10.1. The Morgan fingerprint density at radius 1 is 1.14 bits per heavy atom. The molecule has 1 rings (SSSR count). The van der Waals surface area contributed by atoms with Gasteiger partial charge >= 0.3 is 5.97 Å². The molecule has 0 saturated carbocycles. The van der Waals surface area contributed by atoms with E-state index in [2.05, 4.69) is 5.32 Å². The number of carboxylic acid groups (broad SMARTS) is 1. The van der Waals surface area contributed by atoms with Gasteiger partial charge in [-0.3, -0.25) is 4.79 Å². The van der Waals surface area contributed by atoms with Gasteiger partial charge in [0.15, 0.2) is 11.5 Å². The SMILES string of the molecule is COCCOCC(=O)Nc1cc(C(=O)O)cc(OC)c1OC. The number of methoxy groups -OCH3 is 3. The molecule has 1 amide bonds. The molecule has 0 atom stereocenters. The fourth-order valence-electron chi connectivity index (χ4n) is 1.67. The van der Waals surface area contributed by atoms with E-state index in [1.807, 2.05) is 0 Å². The van der Waals surface area contributed by atoms with Crippen LogP contribution in [0, 0.1) is 0 Å². The molecular weight excluding hydrogens is 294 g/mol. The Balaban J connectivity index is 2.89. The molecule has 8 nitrogen and oxygen atoms in total. The molecule has 22 heavy (non-hydrogen) atoms. The first-order valence-electron chi connectivity index (χ1n) is 6.39.